The summed E-state index contributed by atoms with van der Waals surface area (Å²) >= 11 is 1.87. The molecule has 1 saturated carbocycles. The molecule has 1 N–H and O–H groups in total. The van der Waals surface area contributed by atoms with Crippen molar-refractivity contribution in [1.29, 1.82) is 0 Å². The van der Waals surface area contributed by atoms with Gasteiger partial charge < -0.3 is 4.74 Å². The summed E-state index contributed by atoms with van der Waals surface area (Å²) in [6, 6.07) is 0.529. The van der Waals surface area contributed by atoms with E-state index < -0.39 is 5.54 Å². The van der Waals surface area contributed by atoms with Crippen LogP contribution in [-0.4, -0.2) is 35.7 Å². The van der Waals surface area contributed by atoms with Crippen LogP contribution in [0.4, 0.5) is 0 Å². The highest BCUT2D eigenvalue weighted by Crippen LogP contribution is 2.25. The summed E-state index contributed by atoms with van der Waals surface area (Å²) in [6.45, 7) is 6.43. The highest BCUT2D eigenvalue weighted by atomic mass is 32.2. The molecule has 1 atom stereocenters. The van der Waals surface area contributed by atoms with Gasteiger partial charge in [0.25, 0.3) is 0 Å². The summed E-state index contributed by atoms with van der Waals surface area (Å²) in [6.07, 6.45) is 3.23. The minimum absolute atomic E-state index is 0.0985. The molecule has 1 rings (SSSR count). The zero-order chi connectivity index (χ0) is 12.0. The second kappa shape index (κ2) is 6.50. The average Bonchev–Trinajstić information content (AvgIpc) is 3.02. The van der Waals surface area contributed by atoms with Crippen LogP contribution in [0.1, 0.15) is 40.0 Å². The van der Waals surface area contributed by atoms with Gasteiger partial charge in [-0.25, -0.2) is 0 Å². The highest BCUT2D eigenvalue weighted by Gasteiger charge is 2.39. The van der Waals surface area contributed by atoms with Gasteiger partial charge in [0.2, 0.25) is 0 Å². The lowest BCUT2D eigenvalue weighted by atomic mass is 9.99. The summed E-state index contributed by atoms with van der Waals surface area (Å²) in [5.74, 6) is 2.01. The quantitative estimate of drug-likeness (QED) is 0.525. The topological polar surface area (TPSA) is 38.3 Å². The van der Waals surface area contributed by atoms with E-state index in [2.05, 4.69) is 12.2 Å². The third kappa shape index (κ3) is 4.34. The van der Waals surface area contributed by atoms with Crippen molar-refractivity contribution in [2.75, 3.05) is 18.1 Å². The predicted octanol–water partition coefficient (Wildman–Crippen LogP) is 2.20. The van der Waals surface area contributed by atoms with Crippen LogP contribution in [0.5, 0.6) is 0 Å². The molecule has 1 aliphatic carbocycles. The first-order valence-corrected chi connectivity index (χ1v) is 7.30. The molecule has 0 spiro atoms. The highest BCUT2D eigenvalue weighted by molar-refractivity contribution is 7.99. The van der Waals surface area contributed by atoms with Crippen LogP contribution in [0.3, 0.4) is 0 Å². The van der Waals surface area contributed by atoms with Crippen molar-refractivity contribution in [3.63, 3.8) is 0 Å². The van der Waals surface area contributed by atoms with Crippen LogP contribution >= 0.6 is 11.8 Å². The van der Waals surface area contributed by atoms with Crippen LogP contribution in [0.15, 0.2) is 0 Å². The van der Waals surface area contributed by atoms with E-state index in [9.17, 15) is 4.79 Å². The SMILES string of the molecule is CCOC(=O)C(C)(CCSCC)NC1CC1. The molecular formula is C12H23NO2S. The Balaban J connectivity index is 2.47. The molecule has 0 bridgehead atoms. The Bertz CT molecular complexity index is 231. The molecule has 3 nitrogen and oxygen atoms in total. The molecule has 0 amide bonds. The lowest BCUT2D eigenvalue weighted by molar-refractivity contribution is -0.150. The van der Waals surface area contributed by atoms with Crippen LogP contribution < -0.4 is 5.32 Å². The fraction of sp³-hybridized carbons (Fsp3) is 0.917. The van der Waals surface area contributed by atoms with Gasteiger partial charge in [-0.2, -0.15) is 11.8 Å². The minimum Gasteiger partial charge on any atom is -0.465 e. The van der Waals surface area contributed by atoms with Gasteiger partial charge in [0, 0.05) is 6.04 Å². The molecule has 1 unspecified atom stereocenters. The molecular weight excluding hydrogens is 222 g/mol. The Hall–Kier alpha value is -0.220. The van der Waals surface area contributed by atoms with Gasteiger partial charge in [-0.1, -0.05) is 6.92 Å². The van der Waals surface area contributed by atoms with E-state index in [1.807, 2.05) is 25.6 Å². The van der Waals surface area contributed by atoms with Gasteiger partial charge in [0.05, 0.1) is 6.61 Å². The maximum Gasteiger partial charge on any atom is 0.326 e. The second-order valence-corrected chi connectivity index (χ2v) is 5.81. The van der Waals surface area contributed by atoms with Gasteiger partial charge in [-0.3, -0.25) is 10.1 Å². The molecule has 0 aromatic rings. The molecule has 1 aliphatic rings. The average molecular weight is 245 g/mol. The monoisotopic (exact) mass is 245 g/mol. The maximum atomic E-state index is 11.9. The molecule has 0 heterocycles. The summed E-state index contributed by atoms with van der Waals surface area (Å²) < 4.78 is 5.16. The fourth-order valence-electron chi connectivity index (χ4n) is 1.62. The van der Waals surface area contributed by atoms with Gasteiger partial charge >= 0.3 is 5.97 Å². The number of hydrogen-bond donors (Lipinski definition) is 1. The Kier molecular flexibility index (Phi) is 5.62. The minimum atomic E-state index is -0.487. The molecule has 16 heavy (non-hydrogen) atoms. The third-order valence-electron chi connectivity index (χ3n) is 2.78. The molecule has 0 radical (unpaired) electrons. The van der Waals surface area contributed by atoms with Crippen LogP contribution in [0.2, 0.25) is 0 Å². The van der Waals surface area contributed by atoms with E-state index in [1.54, 1.807) is 0 Å². The van der Waals surface area contributed by atoms with E-state index in [0.717, 1.165) is 17.9 Å². The van der Waals surface area contributed by atoms with Crippen LogP contribution in [0, 0.1) is 0 Å². The molecule has 0 aromatic carbocycles. The summed E-state index contributed by atoms with van der Waals surface area (Å²) in [5, 5.41) is 3.42. The number of nitrogens with one attached hydrogen (secondary N) is 1. The van der Waals surface area contributed by atoms with Crippen molar-refractivity contribution < 1.29 is 9.53 Å². The largest absolute Gasteiger partial charge is 0.465 e. The normalized spacial score (nSPS) is 19.2. The van der Waals surface area contributed by atoms with E-state index >= 15 is 0 Å². The number of thioether (sulfide) groups is 1. The van der Waals surface area contributed by atoms with Crippen molar-refractivity contribution >= 4 is 17.7 Å². The summed E-state index contributed by atoms with van der Waals surface area (Å²) in [5.41, 5.74) is -0.487. The fourth-order valence-corrected chi connectivity index (χ4v) is 2.46. The van der Waals surface area contributed by atoms with Gasteiger partial charge in [-0.15, -0.1) is 0 Å². The van der Waals surface area contributed by atoms with Crippen molar-refractivity contribution in [2.24, 2.45) is 0 Å². The Morgan fingerprint density at radius 1 is 1.50 bits per heavy atom. The predicted molar refractivity (Wildman–Crippen MR) is 68.8 cm³/mol. The van der Waals surface area contributed by atoms with E-state index in [-0.39, 0.29) is 5.97 Å². The van der Waals surface area contributed by atoms with Crippen LogP contribution in [-0.2, 0) is 9.53 Å². The Morgan fingerprint density at radius 3 is 2.69 bits per heavy atom. The lowest BCUT2D eigenvalue weighted by Crippen LogP contribution is -2.52. The van der Waals surface area contributed by atoms with Crippen molar-refractivity contribution in [3.8, 4) is 0 Å². The van der Waals surface area contributed by atoms with E-state index in [4.69, 9.17) is 4.74 Å². The molecule has 0 aromatic heterocycles. The molecule has 94 valence electrons. The molecule has 0 saturated heterocycles. The number of rotatable bonds is 8. The number of ether oxygens (including phenoxy) is 1. The molecule has 1 fully saturated rings. The van der Waals surface area contributed by atoms with Gasteiger partial charge in [0.1, 0.15) is 5.54 Å². The number of carbonyl (C=O) groups is 1. The molecule has 0 aliphatic heterocycles. The van der Waals surface area contributed by atoms with Crippen LogP contribution in [0.25, 0.3) is 0 Å². The zero-order valence-corrected chi connectivity index (χ0v) is 11.4. The number of carbonyl (C=O) groups excluding carboxylic acids is 1. The third-order valence-corrected chi connectivity index (χ3v) is 3.68. The van der Waals surface area contributed by atoms with Crippen molar-refractivity contribution in [2.45, 2.75) is 51.6 Å². The van der Waals surface area contributed by atoms with Gasteiger partial charge in [-0.05, 0) is 44.6 Å². The molecule has 4 heteroatoms. The van der Waals surface area contributed by atoms with Gasteiger partial charge in [0.15, 0.2) is 0 Å². The zero-order valence-electron chi connectivity index (χ0n) is 10.5. The first-order chi connectivity index (χ1) is 7.62. The number of esters is 1. The standard InChI is InChI=1S/C12H23NO2S/c1-4-15-11(14)12(3,8-9-16-5-2)13-10-6-7-10/h10,13H,4-9H2,1-3H3. The van der Waals surface area contributed by atoms with E-state index in [0.29, 0.717) is 12.6 Å². The number of hydrogen-bond acceptors (Lipinski definition) is 4. The summed E-state index contributed by atoms with van der Waals surface area (Å²) in [7, 11) is 0. The first kappa shape index (κ1) is 13.8. The Labute approximate surface area is 103 Å². The van der Waals surface area contributed by atoms with E-state index in [1.165, 1.54) is 12.8 Å². The second-order valence-electron chi connectivity index (χ2n) is 4.42. The van der Waals surface area contributed by atoms with Crippen molar-refractivity contribution in [3.05, 3.63) is 0 Å². The smallest absolute Gasteiger partial charge is 0.326 e. The first-order valence-electron chi connectivity index (χ1n) is 6.15. The maximum absolute atomic E-state index is 11.9. The Morgan fingerprint density at radius 2 is 2.19 bits per heavy atom. The van der Waals surface area contributed by atoms with Crippen molar-refractivity contribution in [1.82, 2.24) is 5.32 Å². The summed E-state index contributed by atoms with van der Waals surface area (Å²) in [4.78, 5) is 11.9. The lowest BCUT2D eigenvalue weighted by Gasteiger charge is -2.28.